The van der Waals surface area contributed by atoms with Crippen LogP contribution in [-0.4, -0.2) is 6.10 Å². The average Bonchev–Trinajstić information content (AvgIpc) is 2.50. The van der Waals surface area contributed by atoms with E-state index < -0.39 is 0 Å². The third-order valence-corrected chi connectivity index (χ3v) is 2.88. The molecule has 3 heteroatoms. The lowest BCUT2D eigenvalue weighted by atomic mass is 10.2. The molecule has 0 radical (unpaired) electrons. The van der Waals surface area contributed by atoms with Crippen LogP contribution in [0.2, 0.25) is 0 Å². The zero-order valence-corrected chi connectivity index (χ0v) is 11.5. The van der Waals surface area contributed by atoms with Crippen LogP contribution in [0.25, 0.3) is 0 Å². The van der Waals surface area contributed by atoms with E-state index in [4.69, 9.17) is 14.7 Å². The first-order valence-corrected chi connectivity index (χ1v) is 6.68. The highest BCUT2D eigenvalue weighted by Gasteiger charge is 2.07. The Balaban J connectivity index is 1.98. The summed E-state index contributed by atoms with van der Waals surface area (Å²) in [4.78, 5) is 0. The molecule has 2 aromatic rings. The predicted molar refractivity (Wildman–Crippen MR) is 77.9 cm³/mol. The number of para-hydroxylation sites is 1. The number of hydrogen-bond donors (Lipinski definition) is 0. The largest absolute Gasteiger partial charge is 0.489 e. The molecule has 0 aliphatic carbocycles. The Morgan fingerprint density at radius 2 is 1.55 bits per heavy atom. The van der Waals surface area contributed by atoms with Gasteiger partial charge in [0.05, 0.1) is 12.5 Å². The van der Waals surface area contributed by atoms with Gasteiger partial charge in [-0.25, -0.2) is 0 Å². The van der Waals surface area contributed by atoms with Gasteiger partial charge in [0, 0.05) is 0 Å². The maximum atomic E-state index is 8.70. The Morgan fingerprint density at radius 1 is 0.950 bits per heavy atom. The van der Waals surface area contributed by atoms with Crippen molar-refractivity contribution in [3.63, 3.8) is 0 Å². The van der Waals surface area contributed by atoms with Crippen LogP contribution in [0, 0.1) is 11.3 Å². The summed E-state index contributed by atoms with van der Waals surface area (Å²) in [5.74, 6) is 2.32. The molecule has 3 nitrogen and oxygen atoms in total. The molecule has 1 atom stereocenters. The van der Waals surface area contributed by atoms with Crippen molar-refractivity contribution < 1.29 is 9.47 Å². The van der Waals surface area contributed by atoms with Crippen molar-refractivity contribution in [1.82, 2.24) is 0 Å². The van der Waals surface area contributed by atoms with Crippen LogP contribution in [0.15, 0.2) is 54.6 Å². The molecule has 0 heterocycles. The second kappa shape index (κ2) is 7.20. The molecular formula is C17H17NO2. The monoisotopic (exact) mass is 267 g/mol. The summed E-state index contributed by atoms with van der Waals surface area (Å²) in [5.41, 5.74) is 0. The number of hydrogen-bond acceptors (Lipinski definition) is 3. The second-order valence-electron chi connectivity index (χ2n) is 4.40. The predicted octanol–water partition coefficient (Wildman–Crippen LogP) is 4.55. The third kappa shape index (κ3) is 4.03. The van der Waals surface area contributed by atoms with Crippen molar-refractivity contribution in [2.75, 3.05) is 0 Å². The molecule has 0 amide bonds. The lowest BCUT2D eigenvalue weighted by Gasteiger charge is -2.14. The minimum atomic E-state index is -0.0547. The average molecular weight is 267 g/mol. The molecular weight excluding hydrogens is 250 g/mol. The van der Waals surface area contributed by atoms with Gasteiger partial charge in [0.1, 0.15) is 23.4 Å². The van der Waals surface area contributed by atoms with Gasteiger partial charge in [-0.1, -0.05) is 25.1 Å². The van der Waals surface area contributed by atoms with E-state index in [0.29, 0.717) is 6.42 Å². The van der Waals surface area contributed by atoms with Gasteiger partial charge in [-0.2, -0.15) is 5.26 Å². The smallest absolute Gasteiger partial charge is 0.127 e. The molecule has 1 unspecified atom stereocenters. The first-order chi connectivity index (χ1) is 9.81. The van der Waals surface area contributed by atoms with E-state index in [0.717, 1.165) is 23.7 Å². The normalized spacial score (nSPS) is 11.4. The van der Waals surface area contributed by atoms with Crippen LogP contribution in [-0.2, 0) is 0 Å². The molecule has 0 aromatic heterocycles. The van der Waals surface area contributed by atoms with E-state index in [2.05, 4.69) is 6.07 Å². The number of rotatable bonds is 6. The maximum Gasteiger partial charge on any atom is 0.127 e. The van der Waals surface area contributed by atoms with Crippen LogP contribution in [0.5, 0.6) is 17.2 Å². The lowest BCUT2D eigenvalue weighted by Crippen LogP contribution is -2.14. The first-order valence-electron chi connectivity index (χ1n) is 6.68. The summed E-state index contributed by atoms with van der Waals surface area (Å²) in [7, 11) is 0. The first kappa shape index (κ1) is 14.0. The van der Waals surface area contributed by atoms with Gasteiger partial charge >= 0.3 is 0 Å². The molecule has 2 rings (SSSR count). The van der Waals surface area contributed by atoms with Gasteiger partial charge < -0.3 is 9.47 Å². The van der Waals surface area contributed by atoms with Crippen molar-refractivity contribution in [3.8, 4) is 23.3 Å². The SMILES string of the molecule is CCC(CC#N)Oc1ccc(Oc2ccccc2)cc1. The van der Waals surface area contributed by atoms with E-state index in [9.17, 15) is 0 Å². The minimum Gasteiger partial charge on any atom is -0.489 e. The highest BCUT2D eigenvalue weighted by molar-refractivity contribution is 5.35. The van der Waals surface area contributed by atoms with Gasteiger partial charge in [0.25, 0.3) is 0 Å². The number of benzene rings is 2. The Hall–Kier alpha value is -2.47. The van der Waals surface area contributed by atoms with Crippen molar-refractivity contribution in [1.29, 1.82) is 5.26 Å². The van der Waals surface area contributed by atoms with E-state index in [1.807, 2.05) is 61.5 Å². The highest BCUT2D eigenvalue weighted by atomic mass is 16.5. The van der Waals surface area contributed by atoms with Crippen LogP contribution in [0.1, 0.15) is 19.8 Å². The Bertz CT molecular complexity index is 558. The maximum absolute atomic E-state index is 8.70. The van der Waals surface area contributed by atoms with Crippen molar-refractivity contribution in [2.45, 2.75) is 25.9 Å². The van der Waals surface area contributed by atoms with Crippen LogP contribution >= 0.6 is 0 Å². The lowest BCUT2D eigenvalue weighted by molar-refractivity contribution is 0.202. The van der Waals surface area contributed by atoms with Crippen molar-refractivity contribution in [2.24, 2.45) is 0 Å². The van der Waals surface area contributed by atoms with Gasteiger partial charge in [-0.15, -0.1) is 0 Å². The van der Waals surface area contributed by atoms with Crippen LogP contribution in [0.4, 0.5) is 0 Å². The molecule has 0 bridgehead atoms. The number of ether oxygens (including phenoxy) is 2. The molecule has 2 aromatic carbocycles. The summed E-state index contributed by atoms with van der Waals surface area (Å²) in [6.07, 6.45) is 1.16. The summed E-state index contributed by atoms with van der Waals surface area (Å²) in [5, 5.41) is 8.70. The number of nitriles is 1. The summed E-state index contributed by atoms with van der Waals surface area (Å²) < 4.78 is 11.4. The van der Waals surface area contributed by atoms with E-state index >= 15 is 0 Å². The molecule has 0 spiro atoms. The van der Waals surface area contributed by atoms with Crippen LogP contribution in [0.3, 0.4) is 0 Å². The van der Waals surface area contributed by atoms with E-state index in [1.165, 1.54) is 0 Å². The zero-order valence-electron chi connectivity index (χ0n) is 11.5. The summed E-state index contributed by atoms with van der Waals surface area (Å²) in [6.45, 7) is 2.01. The Kier molecular flexibility index (Phi) is 5.02. The molecule has 20 heavy (non-hydrogen) atoms. The van der Waals surface area contributed by atoms with Gasteiger partial charge in [-0.05, 0) is 42.8 Å². The Morgan fingerprint density at radius 3 is 2.15 bits per heavy atom. The third-order valence-electron chi connectivity index (χ3n) is 2.88. The van der Waals surface area contributed by atoms with Crippen LogP contribution < -0.4 is 9.47 Å². The zero-order chi connectivity index (χ0) is 14.2. The molecule has 0 aliphatic rings. The highest BCUT2D eigenvalue weighted by Crippen LogP contribution is 2.24. The van der Waals surface area contributed by atoms with Crippen molar-refractivity contribution in [3.05, 3.63) is 54.6 Å². The minimum absolute atomic E-state index is 0.0547. The molecule has 0 saturated carbocycles. The molecule has 0 N–H and O–H groups in total. The fourth-order valence-electron chi connectivity index (χ4n) is 1.77. The summed E-state index contributed by atoms with van der Waals surface area (Å²) in [6, 6.07) is 19.2. The molecule has 0 aliphatic heterocycles. The standard InChI is InChI=1S/C17H17NO2/c1-2-14(12-13-18)19-16-8-10-17(11-9-16)20-15-6-4-3-5-7-15/h3-11,14H,2,12H2,1H3. The topological polar surface area (TPSA) is 42.2 Å². The van der Waals surface area contributed by atoms with Gasteiger partial charge in [0.2, 0.25) is 0 Å². The van der Waals surface area contributed by atoms with Crippen molar-refractivity contribution >= 4 is 0 Å². The second-order valence-corrected chi connectivity index (χ2v) is 4.40. The molecule has 0 saturated heterocycles. The summed E-state index contributed by atoms with van der Waals surface area (Å²) >= 11 is 0. The van der Waals surface area contributed by atoms with Gasteiger partial charge in [0.15, 0.2) is 0 Å². The van der Waals surface area contributed by atoms with E-state index in [-0.39, 0.29) is 6.10 Å². The van der Waals surface area contributed by atoms with E-state index in [1.54, 1.807) is 0 Å². The molecule has 102 valence electrons. The fraction of sp³-hybridized carbons (Fsp3) is 0.235. The fourth-order valence-corrected chi connectivity index (χ4v) is 1.77. The Labute approximate surface area is 119 Å². The van der Waals surface area contributed by atoms with Gasteiger partial charge in [-0.3, -0.25) is 0 Å². The molecule has 0 fully saturated rings. The number of nitrogens with zero attached hydrogens (tertiary/aromatic N) is 1. The quantitative estimate of drug-likeness (QED) is 0.771.